The second-order valence-electron chi connectivity index (χ2n) is 8.86. The van der Waals surface area contributed by atoms with Crippen molar-refractivity contribution in [2.24, 2.45) is 5.73 Å². The number of hydrogen-bond donors (Lipinski definition) is 2. The Balaban J connectivity index is 1.68. The molecule has 7 heteroatoms. The largest absolute Gasteiger partial charge is 0.494 e. The Bertz CT molecular complexity index is 1330. The van der Waals surface area contributed by atoms with Crippen molar-refractivity contribution in [3.05, 3.63) is 47.5 Å². The summed E-state index contributed by atoms with van der Waals surface area (Å²) in [6.07, 6.45) is 1.98. The van der Waals surface area contributed by atoms with Gasteiger partial charge in [0.1, 0.15) is 11.3 Å². The van der Waals surface area contributed by atoms with E-state index in [4.69, 9.17) is 20.2 Å². The van der Waals surface area contributed by atoms with Gasteiger partial charge in [-0.3, -0.25) is 0 Å². The molecule has 1 fully saturated rings. The number of esters is 1. The second kappa shape index (κ2) is 7.67. The molecule has 3 N–H and O–H groups in total. The van der Waals surface area contributed by atoms with Gasteiger partial charge in [-0.1, -0.05) is 12.1 Å². The van der Waals surface area contributed by atoms with Gasteiger partial charge in [0.15, 0.2) is 5.82 Å². The highest BCUT2D eigenvalue weighted by Gasteiger charge is 2.31. The molecule has 0 amide bonds. The summed E-state index contributed by atoms with van der Waals surface area (Å²) in [6.45, 7) is 5.65. The molecule has 2 aromatic heterocycles. The Labute approximate surface area is 186 Å². The number of aromatic amines is 1. The molecule has 166 valence electrons. The standard InChI is InChI=1S/C25H28N4O3/c1-13(2)32-25(30)17-11-20-23(22(12-17)31-4)29(18-7-8-18)24(28-20)21-10-16-6-5-15(14(3)26)9-19(16)27-21/h5-6,9-14,18,27H,7-8,26H2,1-4H3/t14-/m1/s1. The van der Waals surface area contributed by atoms with E-state index in [1.165, 1.54) is 0 Å². The van der Waals surface area contributed by atoms with Crippen molar-refractivity contribution in [2.75, 3.05) is 7.11 Å². The van der Waals surface area contributed by atoms with Crippen LogP contribution >= 0.6 is 0 Å². The summed E-state index contributed by atoms with van der Waals surface area (Å²) in [5.74, 6) is 1.09. The number of nitrogens with one attached hydrogen (secondary N) is 1. The number of methoxy groups -OCH3 is 1. The first-order chi connectivity index (χ1) is 15.4. The van der Waals surface area contributed by atoms with Crippen LogP contribution in [0.25, 0.3) is 33.5 Å². The monoisotopic (exact) mass is 432 g/mol. The lowest BCUT2D eigenvalue weighted by Crippen LogP contribution is -2.11. The number of fused-ring (bicyclic) bond motifs is 2. The summed E-state index contributed by atoms with van der Waals surface area (Å²) in [4.78, 5) is 21.0. The summed E-state index contributed by atoms with van der Waals surface area (Å²) in [6, 6.07) is 12.2. The number of aromatic nitrogens is 3. The fourth-order valence-electron chi connectivity index (χ4n) is 4.18. The Morgan fingerprint density at radius 1 is 1.19 bits per heavy atom. The van der Waals surface area contributed by atoms with E-state index >= 15 is 0 Å². The van der Waals surface area contributed by atoms with Gasteiger partial charge in [0.25, 0.3) is 0 Å². The number of nitrogens with zero attached hydrogens (tertiary/aromatic N) is 2. The maximum atomic E-state index is 12.6. The van der Waals surface area contributed by atoms with Crippen LogP contribution in [0.2, 0.25) is 0 Å². The zero-order valence-electron chi connectivity index (χ0n) is 18.8. The highest BCUT2D eigenvalue weighted by Crippen LogP contribution is 2.44. The molecule has 0 radical (unpaired) electrons. The van der Waals surface area contributed by atoms with Gasteiger partial charge in [-0.15, -0.1) is 0 Å². The average Bonchev–Trinajstić information content (AvgIpc) is 3.38. The van der Waals surface area contributed by atoms with E-state index in [1.54, 1.807) is 19.2 Å². The molecule has 0 saturated heterocycles. The van der Waals surface area contributed by atoms with Gasteiger partial charge in [0.2, 0.25) is 0 Å². The van der Waals surface area contributed by atoms with Crippen LogP contribution in [-0.4, -0.2) is 33.7 Å². The molecule has 1 atom stereocenters. The SMILES string of the molecule is COc1cc(C(=O)OC(C)C)cc2nc(-c3cc4ccc([C@@H](C)N)cc4[nH]3)n(C3CC3)c12. The minimum atomic E-state index is -0.378. The van der Waals surface area contributed by atoms with Gasteiger partial charge < -0.3 is 24.8 Å². The van der Waals surface area contributed by atoms with E-state index < -0.39 is 0 Å². The minimum Gasteiger partial charge on any atom is -0.494 e. The molecule has 0 bridgehead atoms. The lowest BCUT2D eigenvalue weighted by molar-refractivity contribution is 0.0377. The van der Waals surface area contributed by atoms with Crippen LogP contribution in [0, 0.1) is 0 Å². The Morgan fingerprint density at radius 3 is 2.62 bits per heavy atom. The minimum absolute atomic E-state index is 0.0320. The second-order valence-corrected chi connectivity index (χ2v) is 8.86. The molecule has 0 spiro atoms. The van der Waals surface area contributed by atoms with Crippen LogP contribution in [0.3, 0.4) is 0 Å². The number of hydrogen-bond acceptors (Lipinski definition) is 5. The van der Waals surface area contributed by atoms with Crippen LogP contribution in [0.5, 0.6) is 5.75 Å². The summed E-state index contributed by atoms with van der Waals surface area (Å²) in [5, 5.41) is 1.10. The maximum Gasteiger partial charge on any atom is 0.338 e. The predicted octanol–water partition coefficient (Wildman–Crippen LogP) is 5.11. The first kappa shape index (κ1) is 20.6. The smallest absolute Gasteiger partial charge is 0.338 e. The van der Waals surface area contributed by atoms with E-state index in [0.717, 1.165) is 51.9 Å². The Kier molecular flexibility index (Phi) is 4.93. The number of carbonyl (C=O) groups is 1. The summed E-state index contributed by atoms with van der Waals surface area (Å²) in [7, 11) is 1.62. The molecule has 7 nitrogen and oxygen atoms in total. The molecule has 0 aliphatic heterocycles. The van der Waals surface area contributed by atoms with E-state index in [2.05, 4.69) is 33.8 Å². The fraction of sp³-hybridized carbons (Fsp3) is 0.360. The quantitative estimate of drug-likeness (QED) is 0.413. The maximum absolute atomic E-state index is 12.6. The van der Waals surface area contributed by atoms with Crippen molar-refractivity contribution >= 4 is 27.9 Å². The normalized spacial score (nSPS) is 14.9. The third-order valence-electron chi connectivity index (χ3n) is 5.87. The van der Waals surface area contributed by atoms with Crippen molar-refractivity contribution < 1.29 is 14.3 Å². The molecule has 32 heavy (non-hydrogen) atoms. The molecule has 0 unspecified atom stereocenters. The molecule has 2 heterocycles. The Hall–Kier alpha value is -3.32. The van der Waals surface area contributed by atoms with Crippen LogP contribution in [0.15, 0.2) is 36.4 Å². The number of nitrogens with two attached hydrogens (primary N) is 1. The van der Waals surface area contributed by atoms with Crippen LogP contribution in [0.1, 0.15) is 61.6 Å². The summed E-state index contributed by atoms with van der Waals surface area (Å²) < 4.78 is 13.3. The van der Waals surface area contributed by atoms with Crippen LogP contribution in [0.4, 0.5) is 0 Å². The molecule has 1 aliphatic rings. The predicted molar refractivity (Wildman–Crippen MR) is 125 cm³/mol. The van der Waals surface area contributed by atoms with E-state index in [0.29, 0.717) is 17.4 Å². The van der Waals surface area contributed by atoms with Crippen molar-refractivity contribution in [3.63, 3.8) is 0 Å². The van der Waals surface area contributed by atoms with Crippen LogP contribution in [-0.2, 0) is 4.74 Å². The van der Waals surface area contributed by atoms with Crippen molar-refractivity contribution in [1.82, 2.24) is 14.5 Å². The molecule has 2 aromatic carbocycles. The summed E-state index contributed by atoms with van der Waals surface area (Å²) >= 11 is 0. The molecule has 1 aliphatic carbocycles. The number of rotatable bonds is 6. The molecule has 1 saturated carbocycles. The molecule has 4 aromatic rings. The molecular weight excluding hydrogens is 404 g/mol. The fourth-order valence-corrected chi connectivity index (χ4v) is 4.18. The van der Waals surface area contributed by atoms with Gasteiger partial charge >= 0.3 is 5.97 Å². The highest BCUT2D eigenvalue weighted by atomic mass is 16.5. The summed E-state index contributed by atoms with van der Waals surface area (Å²) in [5.41, 5.74) is 11.2. The number of carbonyl (C=O) groups excluding carboxylic acids is 1. The third-order valence-corrected chi connectivity index (χ3v) is 5.87. The van der Waals surface area contributed by atoms with Gasteiger partial charge in [0.05, 0.1) is 30.0 Å². The highest BCUT2D eigenvalue weighted by molar-refractivity contribution is 5.97. The van der Waals surface area contributed by atoms with Crippen molar-refractivity contribution in [1.29, 1.82) is 0 Å². The lowest BCUT2D eigenvalue weighted by atomic mass is 10.1. The van der Waals surface area contributed by atoms with E-state index in [1.807, 2.05) is 20.8 Å². The molecular formula is C25H28N4O3. The van der Waals surface area contributed by atoms with Crippen molar-refractivity contribution in [2.45, 2.75) is 51.8 Å². The van der Waals surface area contributed by atoms with E-state index in [-0.39, 0.29) is 18.1 Å². The topological polar surface area (TPSA) is 95.2 Å². The van der Waals surface area contributed by atoms with Gasteiger partial charge in [-0.25, -0.2) is 9.78 Å². The zero-order valence-corrected chi connectivity index (χ0v) is 18.8. The zero-order chi connectivity index (χ0) is 22.6. The van der Waals surface area contributed by atoms with E-state index in [9.17, 15) is 4.79 Å². The number of benzene rings is 2. The van der Waals surface area contributed by atoms with Gasteiger partial charge in [-0.2, -0.15) is 0 Å². The average molecular weight is 433 g/mol. The first-order valence-corrected chi connectivity index (χ1v) is 11.0. The number of H-pyrrole nitrogens is 1. The molecule has 5 rings (SSSR count). The number of imidazole rings is 1. The van der Waals surface area contributed by atoms with Gasteiger partial charge in [0, 0.05) is 23.0 Å². The van der Waals surface area contributed by atoms with Crippen LogP contribution < -0.4 is 10.5 Å². The third kappa shape index (κ3) is 3.52. The first-order valence-electron chi connectivity index (χ1n) is 11.0. The Morgan fingerprint density at radius 2 is 1.97 bits per heavy atom. The number of ether oxygens (including phenoxy) is 2. The lowest BCUT2D eigenvalue weighted by Gasteiger charge is -2.12. The van der Waals surface area contributed by atoms with Crippen molar-refractivity contribution in [3.8, 4) is 17.3 Å². The van der Waals surface area contributed by atoms with Gasteiger partial charge in [-0.05, 0) is 63.4 Å².